The Morgan fingerprint density at radius 2 is 1.06 bits per heavy atom. The molecule has 0 N–H and O–H groups in total. The third-order valence-electron chi connectivity index (χ3n) is 9.70. The molecular weight excluding hydrogens is 576 g/mol. The predicted molar refractivity (Wildman–Crippen MR) is 191 cm³/mol. The quantitative estimate of drug-likeness (QED) is 0.198. The number of rotatable bonds is 2. The van der Waals surface area contributed by atoms with Crippen molar-refractivity contribution >= 4 is 65.3 Å². The molecule has 0 radical (unpaired) electrons. The van der Waals surface area contributed by atoms with Crippen molar-refractivity contribution in [2.45, 2.75) is 0 Å². The first-order chi connectivity index (χ1) is 23.3. The maximum absolute atomic E-state index is 6.29. The van der Waals surface area contributed by atoms with Gasteiger partial charge < -0.3 is 9.30 Å². The first-order valence-corrected chi connectivity index (χ1v) is 15.9. The van der Waals surface area contributed by atoms with E-state index in [1.54, 1.807) is 0 Å². The molecule has 1 aliphatic rings. The number of aromatic nitrogens is 4. The van der Waals surface area contributed by atoms with Gasteiger partial charge in [-0.1, -0.05) is 84.9 Å². The van der Waals surface area contributed by atoms with E-state index in [4.69, 9.17) is 14.7 Å². The standard InChI is InChI=1S/C42H24N4O/c1-2-11-26(12-3-1)45-31-17-7-4-13-27(31)38-33(45)23-21-25-22-24-34-39(37(25)38)28-14-5-8-18-32(28)46(34)42-43-30-16-10-20-36-40(30)41(44-42)29-15-6-9-19-35(29)47-36/h1-24H. The highest BCUT2D eigenvalue weighted by molar-refractivity contribution is 6.33. The van der Waals surface area contributed by atoms with Crippen LogP contribution < -0.4 is 4.74 Å². The summed E-state index contributed by atoms with van der Waals surface area (Å²) in [5, 5.41) is 8.24. The average molecular weight is 601 g/mol. The summed E-state index contributed by atoms with van der Waals surface area (Å²) in [7, 11) is 0. The Hall–Kier alpha value is -6.46. The van der Waals surface area contributed by atoms with Gasteiger partial charge in [0.1, 0.15) is 11.5 Å². The van der Waals surface area contributed by atoms with Crippen LogP contribution in [-0.4, -0.2) is 19.1 Å². The highest BCUT2D eigenvalue weighted by Crippen LogP contribution is 2.47. The molecule has 0 atom stereocenters. The third kappa shape index (κ3) is 3.27. The Morgan fingerprint density at radius 3 is 1.85 bits per heavy atom. The lowest BCUT2D eigenvalue weighted by Gasteiger charge is -2.20. The summed E-state index contributed by atoms with van der Waals surface area (Å²) < 4.78 is 10.9. The fourth-order valence-corrected chi connectivity index (χ4v) is 7.79. The molecule has 7 aromatic carbocycles. The van der Waals surface area contributed by atoms with Crippen LogP contribution in [0, 0.1) is 0 Å². The van der Waals surface area contributed by atoms with Crippen molar-refractivity contribution in [2.24, 2.45) is 0 Å². The van der Waals surface area contributed by atoms with E-state index in [2.05, 4.69) is 124 Å². The van der Waals surface area contributed by atoms with Crippen molar-refractivity contribution in [3.63, 3.8) is 0 Å². The van der Waals surface area contributed by atoms with Crippen molar-refractivity contribution in [1.82, 2.24) is 19.1 Å². The maximum atomic E-state index is 6.29. The molecule has 11 rings (SSSR count). The van der Waals surface area contributed by atoms with Gasteiger partial charge in [0.2, 0.25) is 5.95 Å². The first-order valence-electron chi connectivity index (χ1n) is 15.9. The smallest absolute Gasteiger partial charge is 0.235 e. The molecule has 1 aliphatic heterocycles. The van der Waals surface area contributed by atoms with Gasteiger partial charge in [-0.15, -0.1) is 0 Å². The maximum Gasteiger partial charge on any atom is 0.235 e. The van der Waals surface area contributed by atoms with E-state index in [-0.39, 0.29) is 0 Å². The van der Waals surface area contributed by atoms with Gasteiger partial charge in [0.25, 0.3) is 0 Å². The third-order valence-corrected chi connectivity index (χ3v) is 9.70. The molecule has 0 saturated carbocycles. The van der Waals surface area contributed by atoms with E-state index in [0.29, 0.717) is 5.95 Å². The van der Waals surface area contributed by atoms with Crippen molar-refractivity contribution in [3.05, 3.63) is 146 Å². The van der Waals surface area contributed by atoms with Crippen molar-refractivity contribution in [2.75, 3.05) is 0 Å². The van der Waals surface area contributed by atoms with Gasteiger partial charge in [-0.3, -0.25) is 4.57 Å². The lowest BCUT2D eigenvalue weighted by Crippen LogP contribution is -2.06. The highest BCUT2D eigenvalue weighted by atomic mass is 16.5. The van der Waals surface area contributed by atoms with Gasteiger partial charge in [-0.05, 0) is 66.0 Å². The number of hydrogen-bond donors (Lipinski definition) is 0. The molecular formula is C42H24N4O. The normalized spacial score (nSPS) is 12.4. The Morgan fingerprint density at radius 1 is 0.426 bits per heavy atom. The fraction of sp³-hybridized carbons (Fsp3) is 0. The summed E-state index contributed by atoms with van der Waals surface area (Å²) in [6.45, 7) is 0. The number of ether oxygens (including phenoxy) is 1. The summed E-state index contributed by atoms with van der Waals surface area (Å²) in [5.74, 6) is 2.24. The van der Waals surface area contributed by atoms with Crippen LogP contribution in [0.2, 0.25) is 0 Å². The van der Waals surface area contributed by atoms with Gasteiger partial charge in [0, 0.05) is 38.2 Å². The Bertz CT molecular complexity index is 2940. The molecule has 0 aliphatic carbocycles. The Kier molecular flexibility index (Phi) is 4.78. The molecule has 47 heavy (non-hydrogen) atoms. The monoisotopic (exact) mass is 600 g/mol. The lowest BCUT2D eigenvalue weighted by molar-refractivity contribution is 0.486. The topological polar surface area (TPSA) is 44.9 Å². The average Bonchev–Trinajstić information content (AvgIpc) is 3.65. The second kappa shape index (κ2) is 9.05. The minimum absolute atomic E-state index is 0.644. The highest BCUT2D eigenvalue weighted by Gasteiger charge is 2.25. The number of fused-ring (bicyclic) bond motifs is 11. The molecule has 0 unspecified atom stereocenters. The van der Waals surface area contributed by atoms with Crippen LogP contribution in [-0.2, 0) is 0 Å². The number of nitrogens with zero attached hydrogens (tertiary/aromatic N) is 4. The molecule has 0 bridgehead atoms. The first kappa shape index (κ1) is 24.8. The SMILES string of the molecule is c1ccc(-n2c3ccccc3c3c4c(ccc32)ccc2c4c3ccccc3n2-c2nc3c4c(cccc4n2)Oc2ccccc2-3)cc1. The number of benzene rings is 7. The largest absolute Gasteiger partial charge is 0.456 e. The summed E-state index contributed by atoms with van der Waals surface area (Å²) in [4.78, 5) is 10.5. The minimum Gasteiger partial charge on any atom is -0.456 e. The lowest BCUT2D eigenvalue weighted by atomic mass is 9.98. The summed E-state index contributed by atoms with van der Waals surface area (Å²) >= 11 is 0. The van der Waals surface area contributed by atoms with Crippen molar-refractivity contribution in [3.8, 4) is 34.4 Å². The summed E-state index contributed by atoms with van der Waals surface area (Å²) in [6, 6.07) is 51.2. The van der Waals surface area contributed by atoms with E-state index < -0.39 is 0 Å². The molecule has 0 spiro atoms. The minimum atomic E-state index is 0.644. The van der Waals surface area contributed by atoms with Crippen LogP contribution in [0.3, 0.4) is 0 Å². The van der Waals surface area contributed by atoms with Crippen LogP contribution in [0.15, 0.2) is 146 Å². The van der Waals surface area contributed by atoms with Crippen LogP contribution in [0.5, 0.6) is 11.5 Å². The van der Waals surface area contributed by atoms with E-state index in [1.165, 1.54) is 43.4 Å². The van der Waals surface area contributed by atoms with E-state index in [0.717, 1.165) is 50.4 Å². The van der Waals surface area contributed by atoms with Crippen molar-refractivity contribution in [1.29, 1.82) is 0 Å². The van der Waals surface area contributed by atoms with E-state index >= 15 is 0 Å². The Labute approximate surface area is 268 Å². The Balaban J connectivity index is 1.31. The molecule has 0 saturated heterocycles. The van der Waals surface area contributed by atoms with Crippen LogP contribution in [0.4, 0.5) is 0 Å². The summed E-state index contributed by atoms with van der Waals surface area (Å²) in [5.41, 5.74) is 8.39. The second-order valence-electron chi connectivity index (χ2n) is 12.2. The van der Waals surface area contributed by atoms with Gasteiger partial charge in [0.05, 0.1) is 38.7 Å². The number of hydrogen-bond acceptors (Lipinski definition) is 3. The summed E-state index contributed by atoms with van der Waals surface area (Å²) in [6.07, 6.45) is 0. The van der Waals surface area contributed by atoms with Gasteiger partial charge in [-0.2, -0.15) is 0 Å². The zero-order valence-electron chi connectivity index (χ0n) is 25.1. The molecule has 4 heterocycles. The van der Waals surface area contributed by atoms with E-state index in [1.807, 2.05) is 30.3 Å². The molecule has 10 aromatic rings. The number of para-hydroxylation sites is 4. The fourth-order valence-electron chi connectivity index (χ4n) is 7.79. The van der Waals surface area contributed by atoms with Gasteiger partial charge >= 0.3 is 0 Å². The molecule has 3 aromatic heterocycles. The van der Waals surface area contributed by atoms with Gasteiger partial charge in [-0.25, -0.2) is 9.97 Å². The zero-order chi connectivity index (χ0) is 30.6. The zero-order valence-corrected chi connectivity index (χ0v) is 25.1. The molecule has 218 valence electrons. The van der Waals surface area contributed by atoms with Crippen molar-refractivity contribution < 1.29 is 4.74 Å². The predicted octanol–water partition coefficient (Wildman–Crippen LogP) is 10.7. The molecule has 0 fully saturated rings. The molecule has 0 amide bonds. The molecule has 5 heteroatoms. The van der Waals surface area contributed by atoms with E-state index in [9.17, 15) is 0 Å². The second-order valence-corrected chi connectivity index (χ2v) is 12.2. The van der Waals surface area contributed by atoms with Crippen LogP contribution >= 0.6 is 0 Å². The van der Waals surface area contributed by atoms with Crippen LogP contribution in [0.25, 0.3) is 88.2 Å². The van der Waals surface area contributed by atoms with Crippen LogP contribution in [0.1, 0.15) is 0 Å². The molecule has 5 nitrogen and oxygen atoms in total. The van der Waals surface area contributed by atoms with Gasteiger partial charge in [0.15, 0.2) is 0 Å².